The molecule has 3 heteroatoms. The van der Waals surface area contributed by atoms with Gasteiger partial charge in [-0.05, 0) is 17.8 Å². The molecule has 16 heavy (non-hydrogen) atoms. The van der Waals surface area contributed by atoms with Crippen LogP contribution in [-0.2, 0) is 4.79 Å². The van der Waals surface area contributed by atoms with Crippen molar-refractivity contribution in [2.24, 2.45) is 11.3 Å². The van der Waals surface area contributed by atoms with Crippen molar-refractivity contribution in [1.29, 1.82) is 0 Å². The van der Waals surface area contributed by atoms with Crippen LogP contribution in [-0.4, -0.2) is 29.6 Å². The van der Waals surface area contributed by atoms with Gasteiger partial charge in [-0.15, -0.1) is 0 Å². The maximum Gasteiger partial charge on any atom is 0.241 e. The van der Waals surface area contributed by atoms with E-state index < -0.39 is 0 Å². The largest absolute Gasteiger partial charge is 0.325 e. The molecule has 0 bridgehead atoms. The zero-order valence-electron chi connectivity index (χ0n) is 11.5. The van der Waals surface area contributed by atoms with Crippen LogP contribution in [0.5, 0.6) is 0 Å². The molecular formula is C13H26N2O. The highest BCUT2D eigenvalue weighted by Crippen LogP contribution is 2.24. The minimum Gasteiger partial charge on any atom is -0.325 e. The first-order chi connectivity index (χ1) is 7.26. The summed E-state index contributed by atoms with van der Waals surface area (Å²) >= 11 is 0. The van der Waals surface area contributed by atoms with Gasteiger partial charge in [-0.2, -0.15) is 0 Å². The Morgan fingerprint density at radius 3 is 2.31 bits per heavy atom. The molecular weight excluding hydrogens is 200 g/mol. The van der Waals surface area contributed by atoms with E-state index in [-0.39, 0.29) is 23.5 Å². The summed E-state index contributed by atoms with van der Waals surface area (Å²) in [5.74, 6) is 0.735. The SMILES string of the molecule is CCC1NC(C(C)C)N(CC(C)(C)C)C1=O. The summed E-state index contributed by atoms with van der Waals surface area (Å²) in [6.45, 7) is 13.8. The number of nitrogens with one attached hydrogen (secondary N) is 1. The van der Waals surface area contributed by atoms with Gasteiger partial charge in [-0.25, -0.2) is 0 Å². The van der Waals surface area contributed by atoms with Crippen molar-refractivity contribution in [3.05, 3.63) is 0 Å². The molecule has 1 saturated heterocycles. The van der Waals surface area contributed by atoms with E-state index in [4.69, 9.17) is 0 Å². The van der Waals surface area contributed by atoms with Crippen LogP contribution in [0.3, 0.4) is 0 Å². The van der Waals surface area contributed by atoms with Crippen LogP contribution < -0.4 is 5.32 Å². The first kappa shape index (κ1) is 13.5. The molecule has 1 aliphatic heterocycles. The minimum atomic E-state index is 0.0229. The summed E-state index contributed by atoms with van der Waals surface area (Å²) in [6.07, 6.45) is 1.08. The monoisotopic (exact) mass is 226 g/mol. The highest BCUT2D eigenvalue weighted by molar-refractivity contribution is 5.84. The summed E-state index contributed by atoms with van der Waals surface area (Å²) in [6, 6.07) is 0.0229. The highest BCUT2D eigenvalue weighted by atomic mass is 16.2. The van der Waals surface area contributed by atoms with E-state index >= 15 is 0 Å². The summed E-state index contributed by atoms with van der Waals surface area (Å²) in [5.41, 5.74) is 0.160. The molecule has 0 aliphatic carbocycles. The second kappa shape index (κ2) is 4.74. The molecule has 0 saturated carbocycles. The lowest BCUT2D eigenvalue weighted by molar-refractivity contribution is -0.131. The van der Waals surface area contributed by atoms with Gasteiger partial charge < -0.3 is 4.90 Å². The van der Waals surface area contributed by atoms with Crippen molar-refractivity contribution in [3.63, 3.8) is 0 Å². The lowest BCUT2D eigenvalue weighted by Gasteiger charge is -2.32. The third-order valence-electron chi connectivity index (χ3n) is 2.97. The number of rotatable bonds is 3. The predicted molar refractivity (Wildman–Crippen MR) is 67.0 cm³/mol. The molecule has 1 amide bonds. The van der Waals surface area contributed by atoms with Gasteiger partial charge in [0.15, 0.2) is 0 Å². The zero-order valence-corrected chi connectivity index (χ0v) is 11.5. The quantitative estimate of drug-likeness (QED) is 0.800. The Morgan fingerprint density at radius 2 is 1.94 bits per heavy atom. The molecule has 1 fully saturated rings. The van der Waals surface area contributed by atoms with E-state index in [1.54, 1.807) is 0 Å². The number of amides is 1. The molecule has 0 radical (unpaired) electrons. The number of carbonyl (C=O) groups excluding carboxylic acids is 1. The van der Waals surface area contributed by atoms with Gasteiger partial charge in [-0.1, -0.05) is 41.5 Å². The van der Waals surface area contributed by atoms with Gasteiger partial charge in [0.2, 0.25) is 5.91 Å². The summed E-state index contributed by atoms with van der Waals surface area (Å²) in [4.78, 5) is 14.2. The smallest absolute Gasteiger partial charge is 0.241 e. The second-order valence-electron chi connectivity index (χ2n) is 6.34. The van der Waals surface area contributed by atoms with Crippen LogP contribution in [0, 0.1) is 11.3 Å². The standard InChI is InChI=1S/C13H26N2O/c1-7-10-12(16)15(8-13(4,5)6)11(14-10)9(2)3/h9-11,14H,7-8H2,1-6H3. The minimum absolute atomic E-state index is 0.0229. The van der Waals surface area contributed by atoms with E-state index in [2.05, 4.69) is 46.9 Å². The van der Waals surface area contributed by atoms with Crippen molar-refractivity contribution in [3.8, 4) is 0 Å². The Hall–Kier alpha value is -0.570. The number of hydrogen-bond donors (Lipinski definition) is 1. The molecule has 0 aromatic heterocycles. The normalized spacial score (nSPS) is 26.9. The van der Waals surface area contributed by atoms with Crippen molar-refractivity contribution in [1.82, 2.24) is 10.2 Å². The van der Waals surface area contributed by atoms with Crippen molar-refractivity contribution >= 4 is 5.91 Å². The molecule has 0 spiro atoms. The third kappa shape index (κ3) is 2.97. The molecule has 3 nitrogen and oxygen atoms in total. The van der Waals surface area contributed by atoms with Gasteiger partial charge in [0, 0.05) is 6.54 Å². The average Bonchev–Trinajstić information content (AvgIpc) is 2.42. The summed E-state index contributed by atoms with van der Waals surface area (Å²) in [5, 5.41) is 3.44. The molecule has 2 unspecified atom stereocenters. The summed E-state index contributed by atoms with van der Waals surface area (Å²) < 4.78 is 0. The van der Waals surface area contributed by atoms with Gasteiger partial charge in [-0.3, -0.25) is 10.1 Å². The molecule has 1 aliphatic rings. The lowest BCUT2D eigenvalue weighted by Crippen LogP contribution is -2.45. The Kier molecular flexibility index (Phi) is 4.00. The maximum atomic E-state index is 12.2. The topological polar surface area (TPSA) is 32.3 Å². The fraction of sp³-hybridized carbons (Fsp3) is 0.923. The molecule has 0 aromatic carbocycles. The average molecular weight is 226 g/mol. The lowest BCUT2D eigenvalue weighted by atomic mass is 9.95. The van der Waals surface area contributed by atoms with Crippen molar-refractivity contribution < 1.29 is 4.79 Å². The zero-order chi connectivity index (χ0) is 12.5. The Labute approximate surface area is 99.6 Å². The van der Waals surface area contributed by atoms with Gasteiger partial charge in [0.25, 0.3) is 0 Å². The van der Waals surface area contributed by atoms with Crippen molar-refractivity contribution in [2.75, 3.05) is 6.54 Å². The fourth-order valence-corrected chi connectivity index (χ4v) is 2.24. The maximum absolute atomic E-state index is 12.2. The molecule has 94 valence electrons. The third-order valence-corrected chi connectivity index (χ3v) is 2.97. The number of carbonyl (C=O) groups is 1. The summed E-state index contributed by atoms with van der Waals surface area (Å²) in [7, 11) is 0. The van der Waals surface area contributed by atoms with Gasteiger partial charge >= 0.3 is 0 Å². The van der Waals surface area contributed by atoms with Crippen LogP contribution in [0.4, 0.5) is 0 Å². The van der Waals surface area contributed by atoms with Crippen molar-refractivity contribution in [2.45, 2.75) is 60.2 Å². The second-order valence-corrected chi connectivity index (χ2v) is 6.34. The highest BCUT2D eigenvalue weighted by Gasteiger charge is 2.40. The molecule has 1 heterocycles. The fourth-order valence-electron chi connectivity index (χ4n) is 2.24. The van der Waals surface area contributed by atoms with Crippen LogP contribution in [0.15, 0.2) is 0 Å². The molecule has 1 rings (SSSR count). The first-order valence-electron chi connectivity index (χ1n) is 6.33. The van der Waals surface area contributed by atoms with Crippen LogP contribution >= 0.6 is 0 Å². The predicted octanol–water partition coefficient (Wildman–Crippen LogP) is 2.22. The van der Waals surface area contributed by atoms with E-state index in [9.17, 15) is 4.79 Å². The van der Waals surface area contributed by atoms with E-state index in [0.29, 0.717) is 5.92 Å². The van der Waals surface area contributed by atoms with E-state index in [1.165, 1.54) is 0 Å². The molecule has 2 atom stereocenters. The Balaban J connectivity index is 2.81. The number of nitrogens with zero attached hydrogens (tertiary/aromatic N) is 1. The van der Waals surface area contributed by atoms with Gasteiger partial charge in [0.05, 0.1) is 12.2 Å². The molecule has 1 N–H and O–H groups in total. The Morgan fingerprint density at radius 1 is 1.38 bits per heavy atom. The van der Waals surface area contributed by atoms with Gasteiger partial charge in [0.1, 0.15) is 0 Å². The van der Waals surface area contributed by atoms with Crippen LogP contribution in [0.2, 0.25) is 0 Å². The molecule has 0 aromatic rings. The Bertz CT molecular complexity index is 255. The van der Waals surface area contributed by atoms with Crippen LogP contribution in [0.25, 0.3) is 0 Å². The first-order valence-corrected chi connectivity index (χ1v) is 6.33. The number of hydrogen-bond acceptors (Lipinski definition) is 2. The van der Waals surface area contributed by atoms with Crippen LogP contribution in [0.1, 0.15) is 48.0 Å². The van der Waals surface area contributed by atoms with E-state index in [1.807, 2.05) is 4.90 Å². The van der Waals surface area contributed by atoms with E-state index in [0.717, 1.165) is 13.0 Å².